The van der Waals surface area contributed by atoms with E-state index >= 15 is 0 Å². The molecular formula is C14H28N2O2. The molecule has 0 saturated carbocycles. The highest BCUT2D eigenvalue weighted by molar-refractivity contribution is 5.78. The summed E-state index contributed by atoms with van der Waals surface area (Å²) in [6, 6.07) is 0. The summed E-state index contributed by atoms with van der Waals surface area (Å²) in [7, 11) is 0. The minimum Gasteiger partial charge on any atom is -0.396 e. The van der Waals surface area contributed by atoms with Gasteiger partial charge in [-0.15, -0.1) is 0 Å². The van der Waals surface area contributed by atoms with Crippen LogP contribution in [0.3, 0.4) is 0 Å². The van der Waals surface area contributed by atoms with Crippen molar-refractivity contribution in [1.29, 1.82) is 0 Å². The topological polar surface area (TPSA) is 52.6 Å². The van der Waals surface area contributed by atoms with Gasteiger partial charge in [0.25, 0.3) is 0 Å². The van der Waals surface area contributed by atoms with E-state index in [1.807, 2.05) is 4.90 Å². The summed E-state index contributed by atoms with van der Waals surface area (Å²) >= 11 is 0. The summed E-state index contributed by atoms with van der Waals surface area (Å²) in [6.45, 7) is 6.52. The van der Waals surface area contributed by atoms with Crippen molar-refractivity contribution in [3.63, 3.8) is 0 Å². The molecule has 106 valence electrons. The van der Waals surface area contributed by atoms with Gasteiger partial charge in [0, 0.05) is 25.2 Å². The van der Waals surface area contributed by atoms with Crippen LogP contribution in [0.4, 0.5) is 0 Å². The van der Waals surface area contributed by atoms with E-state index in [-0.39, 0.29) is 18.1 Å². The highest BCUT2D eigenvalue weighted by Crippen LogP contribution is 2.14. The lowest BCUT2D eigenvalue weighted by atomic mass is 9.95. The Morgan fingerprint density at radius 1 is 1.28 bits per heavy atom. The Bertz CT molecular complexity index is 250. The standard InChI is InChI=1S/C14H28N2O2/c1-3-14(2,8-11-17)15-12-13(18)16-9-6-4-5-7-10-16/h15,17H,3-12H2,1-2H3. The average molecular weight is 256 g/mol. The van der Waals surface area contributed by atoms with E-state index in [9.17, 15) is 4.79 Å². The predicted octanol–water partition coefficient (Wildman–Crippen LogP) is 1.53. The molecule has 0 aromatic heterocycles. The average Bonchev–Trinajstić information content (AvgIpc) is 2.65. The van der Waals surface area contributed by atoms with Crippen LogP contribution >= 0.6 is 0 Å². The van der Waals surface area contributed by atoms with E-state index in [0.717, 1.165) is 32.4 Å². The van der Waals surface area contributed by atoms with Gasteiger partial charge in [-0.1, -0.05) is 19.8 Å². The summed E-state index contributed by atoms with van der Waals surface area (Å²) in [4.78, 5) is 14.1. The maximum Gasteiger partial charge on any atom is 0.236 e. The van der Waals surface area contributed by atoms with Gasteiger partial charge < -0.3 is 15.3 Å². The highest BCUT2D eigenvalue weighted by Gasteiger charge is 2.23. The number of hydrogen-bond acceptors (Lipinski definition) is 3. The van der Waals surface area contributed by atoms with Gasteiger partial charge in [0.1, 0.15) is 0 Å². The number of aliphatic hydroxyl groups excluding tert-OH is 1. The monoisotopic (exact) mass is 256 g/mol. The number of aliphatic hydroxyl groups is 1. The number of rotatable bonds is 6. The van der Waals surface area contributed by atoms with Crippen LogP contribution in [0.15, 0.2) is 0 Å². The van der Waals surface area contributed by atoms with Crippen molar-refractivity contribution in [3.8, 4) is 0 Å². The summed E-state index contributed by atoms with van der Waals surface area (Å²) in [5.41, 5.74) is -0.129. The Labute approximate surface area is 111 Å². The third-order valence-electron chi connectivity index (χ3n) is 4.07. The van der Waals surface area contributed by atoms with Crippen LogP contribution in [-0.2, 0) is 4.79 Å². The molecule has 0 aromatic rings. The minimum absolute atomic E-state index is 0.129. The quantitative estimate of drug-likeness (QED) is 0.758. The number of likely N-dealkylation sites (tertiary alicyclic amines) is 1. The Morgan fingerprint density at radius 2 is 1.89 bits per heavy atom. The first-order valence-electron chi connectivity index (χ1n) is 7.25. The van der Waals surface area contributed by atoms with Crippen LogP contribution in [0, 0.1) is 0 Å². The molecule has 0 radical (unpaired) electrons. The van der Waals surface area contributed by atoms with Gasteiger partial charge in [0.2, 0.25) is 5.91 Å². The second kappa shape index (κ2) is 7.74. The Morgan fingerprint density at radius 3 is 2.39 bits per heavy atom. The Hall–Kier alpha value is -0.610. The van der Waals surface area contributed by atoms with Crippen LogP contribution in [0.5, 0.6) is 0 Å². The molecular weight excluding hydrogens is 228 g/mol. The third-order valence-corrected chi connectivity index (χ3v) is 4.07. The maximum absolute atomic E-state index is 12.1. The molecule has 18 heavy (non-hydrogen) atoms. The molecule has 1 heterocycles. The molecule has 2 N–H and O–H groups in total. The fourth-order valence-corrected chi connectivity index (χ4v) is 2.36. The van der Waals surface area contributed by atoms with Gasteiger partial charge in [-0.25, -0.2) is 0 Å². The van der Waals surface area contributed by atoms with E-state index in [2.05, 4.69) is 19.2 Å². The van der Waals surface area contributed by atoms with Crippen molar-refractivity contribution in [2.45, 2.75) is 57.9 Å². The van der Waals surface area contributed by atoms with Crippen molar-refractivity contribution in [1.82, 2.24) is 10.2 Å². The van der Waals surface area contributed by atoms with Gasteiger partial charge in [0.05, 0.1) is 6.54 Å². The van der Waals surface area contributed by atoms with E-state index in [1.165, 1.54) is 12.8 Å². The SMILES string of the molecule is CCC(C)(CCO)NCC(=O)N1CCCCCC1. The molecule has 1 unspecified atom stereocenters. The van der Waals surface area contributed by atoms with Crippen molar-refractivity contribution in [3.05, 3.63) is 0 Å². The van der Waals surface area contributed by atoms with Crippen molar-refractivity contribution >= 4 is 5.91 Å². The second-order valence-electron chi connectivity index (χ2n) is 5.54. The summed E-state index contributed by atoms with van der Waals surface area (Å²) < 4.78 is 0. The van der Waals surface area contributed by atoms with Crippen molar-refractivity contribution < 1.29 is 9.90 Å². The first-order chi connectivity index (χ1) is 8.61. The molecule has 1 aliphatic heterocycles. The van der Waals surface area contributed by atoms with Crippen LogP contribution in [0.1, 0.15) is 52.4 Å². The zero-order valence-corrected chi connectivity index (χ0v) is 11.9. The van der Waals surface area contributed by atoms with Crippen molar-refractivity contribution in [2.24, 2.45) is 0 Å². The van der Waals surface area contributed by atoms with Gasteiger partial charge in [-0.2, -0.15) is 0 Å². The van der Waals surface area contributed by atoms with Crippen LogP contribution < -0.4 is 5.32 Å². The van der Waals surface area contributed by atoms with Gasteiger partial charge in [-0.3, -0.25) is 4.79 Å². The fourth-order valence-electron chi connectivity index (χ4n) is 2.36. The lowest BCUT2D eigenvalue weighted by Crippen LogP contribution is -2.48. The molecule has 1 fully saturated rings. The molecule has 1 aliphatic rings. The zero-order valence-electron chi connectivity index (χ0n) is 11.9. The molecule has 0 spiro atoms. The van der Waals surface area contributed by atoms with E-state index < -0.39 is 0 Å². The summed E-state index contributed by atoms with van der Waals surface area (Å²) in [5, 5.41) is 12.4. The van der Waals surface area contributed by atoms with E-state index in [1.54, 1.807) is 0 Å². The van der Waals surface area contributed by atoms with Gasteiger partial charge in [-0.05, 0) is 32.6 Å². The first kappa shape index (κ1) is 15.4. The second-order valence-corrected chi connectivity index (χ2v) is 5.54. The largest absolute Gasteiger partial charge is 0.396 e. The molecule has 1 rings (SSSR count). The first-order valence-corrected chi connectivity index (χ1v) is 7.25. The number of nitrogens with zero attached hydrogens (tertiary/aromatic N) is 1. The number of carbonyl (C=O) groups excluding carboxylic acids is 1. The maximum atomic E-state index is 12.1. The van der Waals surface area contributed by atoms with Gasteiger partial charge >= 0.3 is 0 Å². The van der Waals surface area contributed by atoms with Crippen LogP contribution in [0.2, 0.25) is 0 Å². The fraction of sp³-hybridized carbons (Fsp3) is 0.929. The van der Waals surface area contributed by atoms with E-state index in [4.69, 9.17) is 5.11 Å². The number of hydrogen-bond donors (Lipinski definition) is 2. The predicted molar refractivity (Wildman–Crippen MR) is 73.4 cm³/mol. The number of nitrogens with one attached hydrogen (secondary N) is 1. The molecule has 1 saturated heterocycles. The Kier molecular flexibility index (Phi) is 6.65. The van der Waals surface area contributed by atoms with Crippen molar-refractivity contribution in [2.75, 3.05) is 26.2 Å². The van der Waals surface area contributed by atoms with Crippen LogP contribution in [-0.4, -0.2) is 47.7 Å². The highest BCUT2D eigenvalue weighted by atomic mass is 16.3. The molecule has 4 nitrogen and oxygen atoms in total. The summed E-state index contributed by atoms with van der Waals surface area (Å²) in [6.07, 6.45) is 6.36. The van der Waals surface area contributed by atoms with Gasteiger partial charge in [0.15, 0.2) is 0 Å². The lowest BCUT2D eigenvalue weighted by molar-refractivity contribution is -0.130. The summed E-state index contributed by atoms with van der Waals surface area (Å²) in [5.74, 6) is 0.203. The van der Waals surface area contributed by atoms with Crippen LogP contribution in [0.25, 0.3) is 0 Å². The Balaban J connectivity index is 2.38. The molecule has 1 atom stereocenters. The van der Waals surface area contributed by atoms with E-state index in [0.29, 0.717) is 13.0 Å². The minimum atomic E-state index is -0.129. The third kappa shape index (κ3) is 4.94. The molecule has 1 amide bonds. The lowest BCUT2D eigenvalue weighted by Gasteiger charge is -2.30. The number of amides is 1. The molecule has 0 bridgehead atoms. The molecule has 4 heteroatoms. The zero-order chi connectivity index (χ0) is 13.4. The molecule has 0 aliphatic carbocycles. The normalized spacial score (nSPS) is 20.3. The smallest absolute Gasteiger partial charge is 0.236 e. The molecule has 0 aromatic carbocycles. The number of carbonyl (C=O) groups is 1.